The van der Waals surface area contributed by atoms with E-state index in [9.17, 15) is 15.0 Å². The second-order valence-corrected chi connectivity index (χ2v) is 12.6. The van der Waals surface area contributed by atoms with E-state index in [1.165, 1.54) is 0 Å². The van der Waals surface area contributed by atoms with Crippen molar-refractivity contribution in [3.05, 3.63) is 134 Å². The predicted molar refractivity (Wildman–Crippen MR) is 225 cm³/mol. The molecule has 0 aromatic carbocycles. The molecule has 0 fully saturated rings. The molecule has 0 aliphatic carbocycles. The highest BCUT2D eigenvalue weighted by molar-refractivity contribution is 5.76. The van der Waals surface area contributed by atoms with Gasteiger partial charge in [-0.05, 0) is 103 Å². The number of nitrogens with one attached hydrogen (secondary N) is 1. The Balaban J connectivity index is 3.77. The van der Waals surface area contributed by atoms with Crippen molar-refractivity contribution in [2.75, 3.05) is 6.61 Å². The third kappa shape index (κ3) is 37.6. The van der Waals surface area contributed by atoms with Gasteiger partial charge in [0.15, 0.2) is 0 Å². The molecular weight excluding hydrogens is 627 g/mol. The summed E-state index contributed by atoms with van der Waals surface area (Å²) in [5.74, 6) is -0.114. The van der Waals surface area contributed by atoms with Crippen molar-refractivity contribution in [1.82, 2.24) is 5.32 Å². The average Bonchev–Trinajstić information content (AvgIpc) is 3.13. The highest BCUT2D eigenvalue weighted by Crippen LogP contribution is 2.08. The Morgan fingerprint density at radius 2 is 0.824 bits per heavy atom. The van der Waals surface area contributed by atoms with Crippen molar-refractivity contribution in [2.45, 2.75) is 148 Å². The molecule has 2 atom stereocenters. The molecular formula is C47H73NO3. The van der Waals surface area contributed by atoms with Crippen LogP contribution in [0.1, 0.15) is 136 Å². The number of aliphatic hydroxyl groups is 2. The topological polar surface area (TPSA) is 69.6 Å². The van der Waals surface area contributed by atoms with Crippen LogP contribution in [0.4, 0.5) is 0 Å². The second-order valence-electron chi connectivity index (χ2n) is 12.6. The lowest BCUT2D eigenvalue weighted by Gasteiger charge is -2.19. The van der Waals surface area contributed by atoms with Gasteiger partial charge in [0.25, 0.3) is 0 Å². The fourth-order valence-electron chi connectivity index (χ4n) is 4.88. The Labute approximate surface area is 313 Å². The van der Waals surface area contributed by atoms with E-state index in [2.05, 4.69) is 141 Å². The van der Waals surface area contributed by atoms with Gasteiger partial charge < -0.3 is 15.5 Å². The van der Waals surface area contributed by atoms with Crippen molar-refractivity contribution < 1.29 is 15.0 Å². The minimum atomic E-state index is -0.889. The van der Waals surface area contributed by atoms with E-state index in [1.807, 2.05) is 6.08 Å². The summed E-state index contributed by atoms with van der Waals surface area (Å²) in [7, 11) is 0. The van der Waals surface area contributed by atoms with Gasteiger partial charge in [-0.25, -0.2) is 0 Å². The van der Waals surface area contributed by atoms with Crippen LogP contribution in [0.25, 0.3) is 0 Å². The lowest BCUT2D eigenvalue weighted by Crippen LogP contribution is -2.45. The predicted octanol–water partition coefficient (Wildman–Crippen LogP) is 12.4. The van der Waals surface area contributed by atoms with E-state index in [4.69, 9.17) is 0 Å². The van der Waals surface area contributed by atoms with Crippen LogP contribution in [-0.4, -0.2) is 34.9 Å². The van der Waals surface area contributed by atoms with Gasteiger partial charge in [-0.15, -0.1) is 0 Å². The summed E-state index contributed by atoms with van der Waals surface area (Å²) in [4.78, 5) is 12.3. The molecule has 51 heavy (non-hydrogen) atoms. The van der Waals surface area contributed by atoms with Crippen molar-refractivity contribution in [3.8, 4) is 0 Å². The number of amides is 1. The van der Waals surface area contributed by atoms with Crippen LogP contribution in [0.15, 0.2) is 134 Å². The molecule has 0 rings (SSSR count). The highest BCUT2D eigenvalue weighted by atomic mass is 16.3. The summed E-state index contributed by atoms with van der Waals surface area (Å²) in [5.41, 5.74) is 0. The van der Waals surface area contributed by atoms with Gasteiger partial charge in [-0.2, -0.15) is 0 Å². The van der Waals surface area contributed by atoms with E-state index in [0.717, 1.165) is 116 Å². The van der Waals surface area contributed by atoms with E-state index in [1.54, 1.807) is 6.08 Å². The van der Waals surface area contributed by atoms with Crippen LogP contribution in [0, 0.1) is 0 Å². The fourth-order valence-corrected chi connectivity index (χ4v) is 4.88. The van der Waals surface area contributed by atoms with Gasteiger partial charge in [-0.3, -0.25) is 4.79 Å². The van der Waals surface area contributed by atoms with E-state index in [-0.39, 0.29) is 12.5 Å². The number of hydrogen-bond acceptors (Lipinski definition) is 3. The summed E-state index contributed by atoms with van der Waals surface area (Å²) in [6.07, 6.45) is 65.5. The Morgan fingerprint density at radius 3 is 1.27 bits per heavy atom. The maximum absolute atomic E-state index is 12.3. The van der Waals surface area contributed by atoms with Crippen LogP contribution in [-0.2, 0) is 4.79 Å². The summed E-state index contributed by atoms with van der Waals surface area (Å²) in [6.45, 7) is 4.01. The Kier molecular flexibility index (Phi) is 38.2. The summed E-state index contributed by atoms with van der Waals surface area (Å²) in [5, 5.41) is 22.8. The molecule has 0 aromatic heterocycles. The smallest absolute Gasteiger partial charge is 0.220 e. The maximum atomic E-state index is 12.3. The molecule has 4 nitrogen and oxygen atoms in total. The van der Waals surface area contributed by atoms with Gasteiger partial charge in [0.2, 0.25) is 5.91 Å². The van der Waals surface area contributed by atoms with Gasteiger partial charge in [0.1, 0.15) is 0 Å². The van der Waals surface area contributed by atoms with Crippen molar-refractivity contribution in [3.63, 3.8) is 0 Å². The molecule has 4 heteroatoms. The number of carbonyl (C=O) groups excluding carboxylic acids is 1. The molecule has 1 amide bonds. The highest BCUT2D eigenvalue weighted by Gasteiger charge is 2.17. The first kappa shape index (κ1) is 47.5. The van der Waals surface area contributed by atoms with Crippen molar-refractivity contribution in [1.29, 1.82) is 0 Å². The standard InChI is InChI=1S/C47H73NO3/c1-3-5-7-9-11-13-15-16-17-18-19-20-21-22-23-24-25-26-27-28-29-30-31-32-33-35-37-39-41-43-47(51)48-45(44-49)46(50)42-40-38-36-34-14-12-10-8-6-4-2/h5-8,11,13-14,16-17,19-20,22-23,25-26,28-29,31-32,34,40,42,45-46,49-50H,3-4,9-10,12,15,18,21,24,27,30,33,35-39,41,43-44H2,1-2H3,(H,48,51)/b7-5-,8-6+,13-11-,17-16-,20-19-,23-22-,26-25-,29-28-,32-31-,34-14+,42-40+. The molecule has 284 valence electrons. The maximum Gasteiger partial charge on any atom is 0.220 e. The van der Waals surface area contributed by atoms with Gasteiger partial charge in [0, 0.05) is 6.42 Å². The summed E-state index contributed by atoms with van der Waals surface area (Å²) >= 11 is 0. The number of hydrogen-bond donors (Lipinski definition) is 3. The monoisotopic (exact) mass is 700 g/mol. The quantitative estimate of drug-likeness (QED) is 0.0472. The van der Waals surface area contributed by atoms with Crippen LogP contribution in [0.2, 0.25) is 0 Å². The largest absolute Gasteiger partial charge is 0.394 e. The Hall–Kier alpha value is -3.47. The van der Waals surface area contributed by atoms with Gasteiger partial charge >= 0.3 is 0 Å². The lowest BCUT2D eigenvalue weighted by atomic mass is 10.1. The van der Waals surface area contributed by atoms with Crippen LogP contribution in [0.5, 0.6) is 0 Å². The number of rotatable bonds is 33. The number of carbonyl (C=O) groups is 1. The molecule has 2 unspecified atom stereocenters. The normalized spacial score (nSPS) is 14.5. The molecule has 0 aliphatic heterocycles. The van der Waals surface area contributed by atoms with Gasteiger partial charge in [-0.1, -0.05) is 160 Å². The average molecular weight is 700 g/mol. The third-order valence-corrected chi connectivity index (χ3v) is 7.86. The fraction of sp³-hybridized carbons (Fsp3) is 0.511. The first-order valence-corrected chi connectivity index (χ1v) is 19.9. The Bertz CT molecular complexity index is 1110. The van der Waals surface area contributed by atoms with Gasteiger partial charge in [0.05, 0.1) is 18.8 Å². The van der Waals surface area contributed by atoms with Crippen LogP contribution < -0.4 is 5.32 Å². The number of unbranched alkanes of at least 4 members (excludes halogenated alkanes) is 6. The van der Waals surface area contributed by atoms with Crippen molar-refractivity contribution >= 4 is 5.91 Å². The summed E-state index contributed by atoms with van der Waals surface area (Å²) in [6, 6.07) is -0.667. The minimum absolute atomic E-state index is 0.114. The summed E-state index contributed by atoms with van der Waals surface area (Å²) < 4.78 is 0. The molecule has 0 aromatic rings. The van der Waals surface area contributed by atoms with E-state index < -0.39 is 12.1 Å². The van der Waals surface area contributed by atoms with E-state index in [0.29, 0.717) is 6.42 Å². The van der Waals surface area contributed by atoms with Crippen LogP contribution >= 0.6 is 0 Å². The van der Waals surface area contributed by atoms with E-state index >= 15 is 0 Å². The zero-order chi connectivity index (χ0) is 37.1. The third-order valence-electron chi connectivity index (χ3n) is 7.86. The minimum Gasteiger partial charge on any atom is -0.394 e. The molecule has 0 saturated carbocycles. The zero-order valence-electron chi connectivity index (χ0n) is 32.3. The first-order valence-electron chi connectivity index (χ1n) is 19.9. The SMILES string of the molecule is CC/C=C\C/C=C\C/C=C\C/C=C\C/C=C\C/C=C\C/C=C\C/C=C\CCCCCCC(=O)NC(CO)C(O)/C=C/CC/C=C/CC/C=C/CC. The van der Waals surface area contributed by atoms with Crippen LogP contribution in [0.3, 0.4) is 0 Å². The zero-order valence-corrected chi connectivity index (χ0v) is 32.3. The Morgan fingerprint density at radius 1 is 0.471 bits per heavy atom. The molecule has 0 heterocycles. The lowest BCUT2D eigenvalue weighted by molar-refractivity contribution is -0.123. The number of allylic oxidation sites excluding steroid dienone is 21. The van der Waals surface area contributed by atoms with Crippen molar-refractivity contribution in [2.24, 2.45) is 0 Å². The number of aliphatic hydroxyl groups excluding tert-OH is 2. The first-order chi connectivity index (χ1) is 25.2. The molecule has 0 spiro atoms. The molecule has 0 saturated heterocycles. The molecule has 0 radical (unpaired) electrons. The molecule has 3 N–H and O–H groups in total. The molecule has 0 aliphatic rings. The second kappa shape index (κ2) is 41.0. The molecule has 0 bridgehead atoms.